The van der Waals surface area contributed by atoms with Gasteiger partial charge in [0.2, 0.25) is 0 Å². The molecule has 2 atom stereocenters. The number of rotatable bonds is 5. The van der Waals surface area contributed by atoms with Gasteiger partial charge >= 0.3 is 0 Å². The zero-order chi connectivity index (χ0) is 19.7. The number of nitrogens with zero attached hydrogens (tertiary/aromatic N) is 2. The highest BCUT2D eigenvalue weighted by atomic mass is 32.1. The second-order valence-corrected chi connectivity index (χ2v) is 11.9. The summed E-state index contributed by atoms with van der Waals surface area (Å²) in [6, 6.07) is 9.43. The first-order valence-electron chi connectivity index (χ1n) is 11.1. The van der Waals surface area contributed by atoms with Crippen molar-refractivity contribution in [3.63, 3.8) is 0 Å². The van der Waals surface area contributed by atoms with Crippen molar-refractivity contribution >= 4 is 22.2 Å². The lowest BCUT2D eigenvalue weighted by molar-refractivity contribution is 0.331. The van der Waals surface area contributed by atoms with E-state index in [1.165, 1.54) is 59.1 Å². The molecule has 28 heavy (non-hydrogen) atoms. The van der Waals surface area contributed by atoms with E-state index >= 15 is 0 Å². The van der Waals surface area contributed by atoms with Crippen LogP contribution in [0, 0.1) is 11.8 Å². The molecule has 0 saturated heterocycles. The topological polar surface area (TPSA) is 16.1 Å². The molecule has 3 aliphatic rings. The van der Waals surface area contributed by atoms with E-state index in [4.69, 9.17) is 4.98 Å². The summed E-state index contributed by atoms with van der Waals surface area (Å²) in [7, 11) is 0. The molecule has 2 nitrogen and oxygen atoms in total. The molecule has 0 aliphatic heterocycles. The van der Waals surface area contributed by atoms with Crippen LogP contribution in [0.1, 0.15) is 88.8 Å². The Hall–Kier alpha value is -1.35. The molecule has 150 valence electrons. The molecule has 0 amide bonds. The van der Waals surface area contributed by atoms with Gasteiger partial charge in [-0.05, 0) is 67.6 Å². The lowest BCUT2D eigenvalue weighted by Crippen LogP contribution is -2.32. The second kappa shape index (κ2) is 6.32. The van der Waals surface area contributed by atoms with Gasteiger partial charge in [-0.15, -0.1) is 11.3 Å². The lowest BCUT2D eigenvalue weighted by atomic mass is 9.69. The van der Waals surface area contributed by atoms with E-state index in [1.807, 2.05) is 11.3 Å². The Kier molecular flexibility index (Phi) is 4.21. The summed E-state index contributed by atoms with van der Waals surface area (Å²) in [6.45, 7) is 13.0. The van der Waals surface area contributed by atoms with Gasteiger partial charge in [0.05, 0.1) is 5.69 Å². The summed E-state index contributed by atoms with van der Waals surface area (Å²) < 4.78 is 0. The van der Waals surface area contributed by atoms with Crippen LogP contribution in [0.2, 0.25) is 0 Å². The second-order valence-electron chi connectivity index (χ2n) is 10.9. The van der Waals surface area contributed by atoms with Crippen molar-refractivity contribution in [3.8, 4) is 0 Å². The fourth-order valence-corrected chi connectivity index (χ4v) is 6.15. The maximum absolute atomic E-state index is 5.28. The number of fused-ring (bicyclic) bond motifs is 1. The van der Waals surface area contributed by atoms with Crippen LogP contribution in [-0.2, 0) is 10.8 Å². The third-order valence-corrected chi connectivity index (χ3v) is 8.80. The van der Waals surface area contributed by atoms with Crippen molar-refractivity contribution in [3.05, 3.63) is 40.4 Å². The number of aromatic nitrogens is 1. The first kappa shape index (κ1) is 18.7. The molecule has 0 bridgehead atoms. The maximum Gasteiger partial charge on any atom is 0.190 e. The minimum atomic E-state index is 0.191. The van der Waals surface area contributed by atoms with Crippen molar-refractivity contribution in [2.75, 3.05) is 11.4 Å². The zero-order valence-corrected chi connectivity index (χ0v) is 18.9. The van der Waals surface area contributed by atoms with Crippen molar-refractivity contribution < 1.29 is 0 Å². The van der Waals surface area contributed by atoms with Gasteiger partial charge in [-0.2, -0.15) is 0 Å². The van der Waals surface area contributed by atoms with Gasteiger partial charge in [-0.1, -0.05) is 46.8 Å². The molecule has 0 radical (unpaired) electrons. The molecule has 1 heterocycles. The summed E-state index contributed by atoms with van der Waals surface area (Å²) in [6.07, 6.45) is 6.58. The molecular weight excluding hydrogens is 360 g/mol. The molecule has 3 heteroatoms. The van der Waals surface area contributed by atoms with E-state index in [2.05, 4.69) is 63.8 Å². The average Bonchev–Trinajstić information content (AvgIpc) is 3.56. The Balaban J connectivity index is 1.51. The summed E-state index contributed by atoms with van der Waals surface area (Å²) in [4.78, 5) is 9.32. The molecule has 2 unspecified atom stereocenters. The zero-order valence-electron chi connectivity index (χ0n) is 18.1. The molecular formula is C25H34N2S. The monoisotopic (exact) mass is 394 g/mol. The predicted molar refractivity (Wildman–Crippen MR) is 120 cm³/mol. The summed E-state index contributed by atoms with van der Waals surface area (Å²) in [5, 5.41) is 1.22. The van der Waals surface area contributed by atoms with Gasteiger partial charge in [0.15, 0.2) is 5.13 Å². The van der Waals surface area contributed by atoms with E-state index in [1.54, 1.807) is 0 Å². The van der Waals surface area contributed by atoms with Crippen LogP contribution in [0.25, 0.3) is 0 Å². The van der Waals surface area contributed by atoms with Crippen molar-refractivity contribution in [2.24, 2.45) is 11.8 Å². The number of hydrogen-bond donors (Lipinski definition) is 0. The third kappa shape index (κ3) is 3.30. The fourth-order valence-electron chi connectivity index (χ4n) is 4.74. The number of benzene rings is 1. The summed E-state index contributed by atoms with van der Waals surface area (Å²) >= 11 is 1.96. The molecule has 2 aromatic rings. The molecule has 3 aliphatic carbocycles. The Morgan fingerprint density at radius 3 is 2.25 bits per heavy atom. The Labute approximate surface area is 174 Å². The van der Waals surface area contributed by atoms with Crippen LogP contribution in [0.15, 0.2) is 24.3 Å². The normalized spacial score (nSPS) is 27.3. The molecule has 1 aromatic heterocycles. The average molecular weight is 395 g/mol. The Morgan fingerprint density at radius 1 is 1.04 bits per heavy atom. The lowest BCUT2D eigenvalue weighted by Gasteiger charge is -2.37. The summed E-state index contributed by atoms with van der Waals surface area (Å²) in [5.74, 6) is 2.49. The molecule has 2 fully saturated rings. The highest BCUT2D eigenvalue weighted by Gasteiger charge is 2.41. The first-order valence-corrected chi connectivity index (χ1v) is 12.0. The van der Waals surface area contributed by atoms with E-state index in [9.17, 15) is 0 Å². The maximum atomic E-state index is 5.28. The predicted octanol–water partition coefficient (Wildman–Crippen LogP) is 7.16. The largest absolute Gasteiger partial charge is 0.318 e. The quantitative estimate of drug-likeness (QED) is 0.534. The Bertz CT molecular complexity index is 839. The summed E-state index contributed by atoms with van der Waals surface area (Å²) in [5.41, 5.74) is 4.64. The van der Waals surface area contributed by atoms with E-state index < -0.39 is 0 Å². The van der Waals surface area contributed by atoms with Crippen LogP contribution in [0.4, 0.5) is 10.8 Å². The highest BCUT2D eigenvalue weighted by Crippen LogP contribution is 2.51. The van der Waals surface area contributed by atoms with E-state index in [0.29, 0.717) is 0 Å². The minimum Gasteiger partial charge on any atom is -0.318 e. The molecule has 5 rings (SSSR count). The van der Waals surface area contributed by atoms with Gasteiger partial charge < -0.3 is 4.90 Å². The third-order valence-electron chi connectivity index (χ3n) is 7.36. The van der Waals surface area contributed by atoms with Crippen LogP contribution in [0.5, 0.6) is 0 Å². The van der Waals surface area contributed by atoms with Crippen LogP contribution in [-0.4, -0.2) is 11.5 Å². The van der Waals surface area contributed by atoms with Crippen molar-refractivity contribution in [2.45, 2.75) is 83.5 Å². The van der Waals surface area contributed by atoms with Crippen LogP contribution in [0.3, 0.4) is 0 Å². The minimum absolute atomic E-state index is 0.191. The van der Waals surface area contributed by atoms with Gasteiger partial charge in [0.1, 0.15) is 0 Å². The molecule has 2 saturated carbocycles. The van der Waals surface area contributed by atoms with Crippen molar-refractivity contribution in [1.82, 2.24) is 4.98 Å². The first-order chi connectivity index (χ1) is 13.2. The van der Waals surface area contributed by atoms with E-state index in [0.717, 1.165) is 24.3 Å². The number of hydrogen-bond acceptors (Lipinski definition) is 3. The SMILES string of the molecule is CC1CC1c1ccc(N(CC2CC2)c2nc3c(s2)C(C)(C)CCC3(C)C)cc1. The number of thiazole rings is 1. The molecule has 1 aromatic carbocycles. The fraction of sp³-hybridized carbons (Fsp3) is 0.640. The number of anilines is 2. The highest BCUT2D eigenvalue weighted by molar-refractivity contribution is 7.16. The standard InChI is InChI=1S/C25H34N2S/c1-16-14-20(16)18-8-10-19(11-9-18)27(15-17-6-7-17)23-26-21-22(28-23)25(4,5)13-12-24(21,2)3/h8-11,16-17,20H,6-7,12-15H2,1-5H3. The van der Waals surface area contributed by atoms with Crippen LogP contribution < -0.4 is 4.90 Å². The van der Waals surface area contributed by atoms with Gasteiger partial charge in [-0.3, -0.25) is 0 Å². The molecule has 0 N–H and O–H groups in total. The van der Waals surface area contributed by atoms with Gasteiger partial charge in [0.25, 0.3) is 0 Å². The van der Waals surface area contributed by atoms with Gasteiger partial charge in [-0.25, -0.2) is 4.98 Å². The molecule has 0 spiro atoms. The van der Waals surface area contributed by atoms with Gasteiger partial charge in [0, 0.05) is 27.9 Å². The van der Waals surface area contributed by atoms with E-state index in [-0.39, 0.29) is 10.8 Å². The smallest absolute Gasteiger partial charge is 0.190 e. The van der Waals surface area contributed by atoms with Crippen molar-refractivity contribution in [1.29, 1.82) is 0 Å². The Morgan fingerprint density at radius 2 is 1.68 bits per heavy atom. The van der Waals surface area contributed by atoms with Crippen LogP contribution >= 0.6 is 11.3 Å².